The van der Waals surface area contributed by atoms with Gasteiger partial charge in [0.05, 0.1) is 0 Å². The Labute approximate surface area is 126 Å². The van der Waals surface area contributed by atoms with E-state index in [0.717, 1.165) is 29.1 Å². The van der Waals surface area contributed by atoms with Crippen LogP contribution in [-0.2, 0) is 6.42 Å². The van der Waals surface area contributed by atoms with Crippen molar-refractivity contribution in [2.45, 2.75) is 20.3 Å². The molecule has 0 fully saturated rings. The van der Waals surface area contributed by atoms with E-state index in [9.17, 15) is 0 Å². The van der Waals surface area contributed by atoms with E-state index in [4.69, 9.17) is 4.42 Å². The fraction of sp³-hybridized carbons (Fsp3) is 0.200. The number of hydrogen-bond acceptors (Lipinski definition) is 1. The van der Waals surface area contributed by atoms with Gasteiger partial charge in [-0.3, -0.25) is 0 Å². The van der Waals surface area contributed by atoms with E-state index in [1.54, 1.807) is 0 Å². The first-order chi connectivity index (χ1) is 10.2. The lowest BCUT2D eigenvalue weighted by Crippen LogP contribution is -1.93. The van der Waals surface area contributed by atoms with Gasteiger partial charge in [0.15, 0.2) is 0 Å². The third-order valence-corrected chi connectivity index (χ3v) is 3.55. The van der Waals surface area contributed by atoms with Crippen LogP contribution in [0.4, 0.5) is 0 Å². The lowest BCUT2D eigenvalue weighted by molar-refractivity contribution is 0.597. The van der Waals surface area contributed by atoms with Gasteiger partial charge in [0.2, 0.25) is 0 Å². The van der Waals surface area contributed by atoms with Gasteiger partial charge >= 0.3 is 0 Å². The van der Waals surface area contributed by atoms with Crippen LogP contribution in [0.2, 0.25) is 0 Å². The quantitative estimate of drug-likeness (QED) is 0.586. The van der Waals surface area contributed by atoms with Crippen molar-refractivity contribution in [2.75, 3.05) is 0 Å². The zero-order valence-electron chi connectivity index (χ0n) is 12.5. The monoisotopic (exact) mass is 276 g/mol. The molecule has 0 atom stereocenters. The molecule has 3 rings (SSSR count). The van der Waals surface area contributed by atoms with Gasteiger partial charge in [-0.2, -0.15) is 0 Å². The van der Waals surface area contributed by atoms with Crippen molar-refractivity contribution in [1.82, 2.24) is 0 Å². The minimum atomic E-state index is 0.684. The van der Waals surface area contributed by atoms with Crippen molar-refractivity contribution < 1.29 is 4.42 Å². The molecule has 0 radical (unpaired) electrons. The molecule has 21 heavy (non-hydrogen) atoms. The molecule has 0 aliphatic carbocycles. The molecule has 1 heteroatoms. The highest BCUT2D eigenvalue weighted by Gasteiger charge is 2.06. The maximum absolute atomic E-state index is 5.98. The average Bonchev–Trinajstić information content (AvgIpc) is 2.98. The van der Waals surface area contributed by atoms with Crippen molar-refractivity contribution in [2.24, 2.45) is 5.92 Å². The summed E-state index contributed by atoms with van der Waals surface area (Å²) in [4.78, 5) is 0. The molecule has 0 saturated heterocycles. The Morgan fingerprint density at radius 3 is 1.86 bits per heavy atom. The Balaban J connectivity index is 1.83. The highest BCUT2D eigenvalue weighted by molar-refractivity contribution is 5.64. The van der Waals surface area contributed by atoms with E-state index in [1.807, 2.05) is 30.3 Å². The standard InChI is InChI=1S/C20H20O/c1-15(2)14-16-8-10-18(11-9-16)20-13-12-19(21-20)17-6-4-3-5-7-17/h3-13,15H,14H2,1-2H3. The Bertz CT molecular complexity index is 690. The number of benzene rings is 2. The second-order valence-corrected chi connectivity index (χ2v) is 5.82. The molecule has 1 heterocycles. The topological polar surface area (TPSA) is 13.1 Å². The van der Waals surface area contributed by atoms with Gasteiger partial charge in [0, 0.05) is 11.1 Å². The molecule has 1 nitrogen and oxygen atoms in total. The van der Waals surface area contributed by atoms with Crippen LogP contribution in [0.25, 0.3) is 22.6 Å². The summed E-state index contributed by atoms with van der Waals surface area (Å²) in [5, 5.41) is 0. The van der Waals surface area contributed by atoms with Crippen molar-refractivity contribution >= 4 is 0 Å². The Morgan fingerprint density at radius 2 is 1.29 bits per heavy atom. The maximum Gasteiger partial charge on any atom is 0.134 e. The summed E-state index contributed by atoms with van der Waals surface area (Å²) in [5.74, 6) is 2.52. The van der Waals surface area contributed by atoms with E-state index in [1.165, 1.54) is 5.56 Å². The van der Waals surface area contributed by atoms with Gasteiger partial charge in [-0.1, -0.05) is 68.4 Å². The average molecular weight is 276 g/mol. The summed E-state index contributed by atoms with van der Waals surface area (Å²) < 4.78 is 5.98. The maximum atomic E-state index is 5.98. The third-order valence-electron chi connectivity index (χ3n) is 3.55. The van der Waals surface area contributed by atoms with Crippen LogP contribution < -0.4 is 0 Å². The molecular formula is C20H20O. The normalized spacial score (nSPS) is 11.0. The number of furan rings is 1. The van der Waals surface area contributed by atoms with Crippen LogP contribution in [0.1, 0.15) is 19.4 Å². The number of rotatable bonds is 4. The van der Waals surface area contributed by atoms with Crippen molar-refractivity contribution in [3.63, 3.8) is 0 Å². The molecule has 0 bridgehead atoms. The van der Waals surface area contributed by atoms with Crippen LogP contribution >= 0.6 is 0 Å². The zero-order valence-corrected chi connectivity index (χ0v) is 12.5. The van der Waals surface area contributed by atoms with Crippen LogP contribution in [0.15, 0.2) is 71.1 Å². The van der Waals surface area contributed by atoms with E-state index < -0.39 is 0 Å². The van der Waals surface area contributed by atoms with Crippen LogP contribution in [-0.4, -0.2) is 0 Å². The summed E-state index contributed by atoms with van der Waals surface area (Å²) in [6, 6.07) is 22.9. The van der Waals surface area contributed by atoms with Crippen LogP contribution in [0.5, 0.6) is 0 Å². The highest BCUT2D eigenvalue weighted by atomic mass is 16.3. The Hall–Kier alpha value is -2.28. The minimum Gasteiger partial charge on any atom is -0.456 e. The summed E-state index contributed by atoms with van der Waals surface area (Å²) in [6.45, 7) is 4.49. The van der Waals surface area contributed by atoms with E-state index in [0.29, 0.717) is 5.92 Å². The summed E-state index contributed by atoms with van der Waals surface area (Å²) in [5.41, 5.74) is 3.62. The molecule has 1 aromatic heterocycles. The molecule has 0 unspecified atom stereocenters. The molecule has 0 aliphatic heterocycles. The van der Waals surface area contributed by atoms with Gasteiger partial charge in [0.25, 0.3) is 0 Å². The fourth-order valence-corrected chi connectivity index (χ4v) is 2.53. The molecule has 3 aromatic rings. The first-order valence-electron chi connectivity index (χ1n) is 7.47. The summed E-state index contributed by atoms with van der Waals surface area (Å²) in [7, 11) is 0. The lowest BCUT2D eigenvalue weighted by atomic mass is 10.0. The first kappa shape index (κ1) is 13.7. The Kier molecular flexibility index (Phi) is 3.92. The van der Waals surface area contributed by atoms with Gasteiger partial charge < -0.3 is 4.42 Å². The summed E-state index contributed by atoms with van der Waals surface area (Å²) in [6.07, 6.45) is 1.12. The minimum absolute atomic E-state index is 0.684. The molecule has 0 amide bonds. The smallest absolute Gasteiger partial charge is 0.134 e. The second-order valence-electron chi connectivity index (χ2n) is 5.82. The van der Waals surface area contributed by atoms with Crippen LogP contribution in [0, 0.1) is 5.92 Å². The molecule has 106 valence electrons. The largest absolute Gasteiger partial charge is 0.456 e. The van der Waals surface area contributed by atoms with E-state index in [2.05, 4.69) is 50.2 Å². The van der Waals surface area contributed by atoms with Crippen molar-refractivity contribution in [3.8, 4) is 22.6 Å². The lowest BCUT2D eigenvalue weighted by Gasteiger charge is -2.05. The Morgan fingerprint density at radius 1 is 0.714 bits per heavy atom. The molecule has 0 spiro atoms. The van der Waals surface area contributed by atoms with E-state index >= 15 is 0 Å². The van der Waals surface area contributed by atoms with Gasteiger partial charge in [-0.15, -0.1) is 0 Å². The first-order valence-corrected chi connectivity index (χ1v) is 7.47. The van der Waals surface area contributed by atoms with Crippen molar-refractivity contribution in [3.05, 3.63) is 72.3 Å². The molecular weight excluding hydrogens is 256 g/mol. The zero-order chi connectivity index (χ0) is 14.7. The molecule has 2 aromatic carbocycles. The second kappa shape index (κ2) is 6.01. The number of hydrogen-bond donors (Lipinski definition) is 0. The highest BCUT2D eigenvalue weighted by Crippen LogP contribution is 2.28. The van der Waals surface area contributed by atoms with Crippen LogP contribution in [0.3, 0.4) is 0 Å². The molecule has 0 N–H and O–H groups in total. The molecule has 0 saturated carbocycles. The predicted molar refractivity (Wildman–Crippen MR) is 88.1 cm³/mol. The molecule has 0 aliphatic rings. The fourth-order valence-electron chi connectivity index (χ4n) is 2.53. The van der Waals surface area contributed by atoms with Crippen molar-refractivity contribution in [1.29, 1.82) is 0 Å². The SMILES string of the molecule is CC(C)Cc1ccc(-c2ccc(-c3ccccc3)o2)cc1. The van der Waals surface area contributed by atoms with Gasteiger partial charge in [-0.25, -0.2) is 0 Å². The van der Waals surface area contributed by atoms with Gasteiger partial charge in [0.1, 0.15) is 11.5 Å². The van der Waals surface area contributed by atoms with E-state index in [-0.39, 0.29) is 0 Å². The van der Waals surface area contributed by atoms with Gasteiger partial charge in [-0.05, 0) is 30.0 Å². The third kappa shape index (κ3) is 3.25. The predicted octanol–water partition coefficient (Wildman–Crippen LogP) is 5.81. The summed E-state index contributed by atoms with van der Waals surface area (Å²) >= 11 is 0.